The van der Waals surface area contributed by atoms with Crippen LogP contribution in [0.1, 0.15) is 25.0 Å². The third kappa shape index (κ3) is 3.02. The Morgan fingerprint density at radius 3 is 2.58 bits per heavy atom. The number of carbonyl (C=O) groups excluding carboxylic acids is 1. The number of likely N-dealkylation sites (tertiary alicyclic amines) is 1. The van der Waals surface area contributed by atoms with Crippen LogP contribution in [0.15, 0.2) is 18.3 Å². The second-order valence-corrected chi connectivity index (χ2v) is 6.28. The van der Waals surface area contributed by atoms with E-state index in [2.05, 4.69) is 10.3 Å². The lowest BCUT2D eigenvalue weighted by Crippen LogP contribution is -2.39. The molecule has 2 aliphatic rings. The van der Waals surface area contributed by atoms with Crippen LogP contribution in [0, 0.1) is 11.3 Å². The molecule has 1 saturated heterocycles. The number of aromatic nitrogens is 1. The fourth-order valence-electron chi connectivity index (χ4n) is 3.37. The van der Waals surface area contributed by atoms with Gasteiger partial charge in [0.15, 0.2) is 5.69 Å². The molecule has 1 aromatic heterocycles. The van der Waals surface area contributed by atoms with Crippen LogP contribution in [-0.4, -0.2) is 40.1 Å². The van der Waals surface area contributed by atoms with Gasteiger partial charge < -0.3 is 15.3 Å². The van der Waals surface area contributed by atoms with Crippen molar-refractivity contribution in [3.8, 4) is 0 Å². The molecule has 1 atom stereocenters. The summed E-state index contributed by atoms with van der Waals surface area (Å²) in [4.78, 5) is 27.8. The zero-order valence-electron chi connectivity index (χ0n) is 12.6. The molecule has 24 heavy (non-hydrogen) atoms. The fourth-order valence-corrected chi connectivity index (χ4v) is 3.37. The van der Waals surface area contributed by atoms with Crippen molar-refractivity contribution >= 4 is 17.7 Å². The molecule has 130 valence electrons. The van der Waals surface area contributed by atoms with Crippen LogP contribution in [0.3, 0.4) is 0 Å². The number of amides is 2. The molecule has 0 bridgehead atoms. The summed E-state index contributed by atoms with van der Waals surface area (Å²) in [6.07, 6.45) is -2.92. The number of rotatable bonds is 2. The van der Waals surface area contributed by atoms with E-state index < -0.39 is 23.9 Å². The number of alkyl halides is 3. The second kappa shape index (κ2) is 5.64. The lowest BCUT2D eigenvalue weighted by molar-refractivity contribution is -0.140. The van der Waals surface area contributed by atoms with Crippen molar-refractivity contribution < 1.29 is 27.9 Å². The maximum absolute atomic E-state index is 12.9. The van der Waals surface area contributed by atoms with Crippen molar-refractivity contribution in [3.05, 3.63) is 24.0 Å². The SMILES string of the molecule is O=C(Nc1cccnc1C(F)(F)F)[C@H]1CC12CCN(C(=O)O)CC2. The second-order valence-electron chi connectivity index (χ2n) is 6.28. The largest absolute Gasteiger partial charge is 0.465 e. The van der Waals surface area contributed by atoms with Crippen LogP contribution >= 0.6 is 0 Å². The molecule has 1 spiro atoms. The Morgan fingerprint density at radius 2 is 2.00 bits per heavy atom. The van der Waals surface area contributed by atoms with Crippen molar-refractivity contribution in [1.82, 2.24) is 9.88 Å². The molecule has 3 rings (SSSR count). The maximum atomic E-state index is 12.9. The Balaban J connectivity index is 1.65. The summed E-state index contributed by atoms with van der Waals surface area (Å²) in [5, 5.41) is 11.3. The maximum Gasteiger partial charge on any atom is 0.435 e. The highest BCUT2D eigenvalue weighted by Gasteiger charge is 2.59. The highest BCUT2D eigenvalue weighted by Crippen LogP contribution is 2.59. The Labute approximate surface area is 135 Å². The van der Waals surface area contributed by atoms with E-state index in [9.17, 15) is 22.8 Å². The summed E-state index contributed by atoms with van der Waals surface area (Å²) in [6, 6.07) is 2.51. The van der Waals surface area contributed by atoms with Gasteiger partial charge in [-0.3, -0.25) is 4.79 Å². The van der Waals surface area contributed by atoms with Gasteiger partial charge in [-0.1, -0.05) is 0 Å². The average molecular weight is 343 g/mol. The van der Waals surface area contributed by atoms with E-state index in [1.807, 2.05) is 0 Å². The number of hydrogen-bond acceptors (Lipinski definition) is 3. The Kier molecular flexibility index (Phi) is 3.89. The van der Waals surface area contributed by atoms with E-state index in [0.29, 0.717) is 32.4 Å². The van der Waals surface area contributed by atoms with Gasteiger partial charge in [-0.2, -0.15) is 13.2 Å². The Bertz CT molecular complexity index is 669. The van der Waals surface area contributed by atoms with Crippen LogP contribution in [0.2, 0.25) is 0 Å². The molecule has 6 nitrogen and oxygen atoms in total. The number of anilines is 1. The normalized spacial score (nSPS) is 22.3. The summed E-state index contributed by atoms with van der Waals surface area (Å²) >= 11 is 0. The third-order valence-corrected chi connectivity index (χ3v) is 4.87. The molecule has 1 aliphatic heterocycles. The van der Waals surface area contributed by atoms with Crippen molar-refractivity contribution in [1.29, 1.82) is 0 Å². The van der Waals surface area contributed by atoms with Crippen LogP contribution in [0.5, 0.6) is 0 Å². The lowest BCUT2D eigenvalue weighted by Gasteiger charge is -2.30. The van der Waals surface area contributed by atoms with Gasteiger partial charge in [-0.05, 0) is 36.8 Å². The van der Waals surface area contributed by atoms with Gasteiger partial charge in [0.05, 0.1) is 5.69 Å². The molecule has 2 amide bonds. The minimum Gasteiger partial charge on any atom is -0.465 e. The smallest absolute Gasteiger partial charge is 0.435 e. The van der Waals surface area contributed by atoms with Crippen LogP contribution < -0.4 is 5.32 Å². The molecule has 1 aliphatic carbocycles. The summed E-state index contributed by atoms with van der Waals surface area (Å²) in [7, 11) is 0. The molecule has 9 heteroatoms. The number of carboxylic acid groups (broad SMARTS) is 1. The standard InChI is InChI=1S/C15H16F3N3O3/c16-15(17,18)11-10(2-1-5-19-11)20-12(22)9-8-14(9)3-6-21(7-4-14)13(23)24/h1-2,5,9H,3-4,6-8H2,(H,20,22)(H,23,24)/t9-/m1/s1. The van der Waals surface area contributed by atoms with Gasteiger partial charge >= 0.3 is 12.3 Å². The minimum absolute atomic E-state index is 0.281. The Morgan fingerprint density at radius 1 is 1.33 bits per heavy atom. The van der Waals surface area contributed by atoms with E-state index >= 15 is 0 Å². The van der Waals surface area contributed by atoms with E-state index in [-0.39, 0.29) is 17.0 Å². The third-order valence-electron chi connectivity index (χ3n) is 4.87. The van der Waals surface area contributed by atoms with Crippen molar-refractivity contribution in [3.63, 3.8) is 0 Å². The molecule has 0 radical (unpaired) electrons. The number of nitrogens with zero attached hydrogens (tertiary/aromatic N) is 2. The molecular formula is C15H16F3N3O3. The van der Waals surface area contributed by atoms with Crippen LogP contribution in [0.25, 0.3) is 0 Å². The van der Waals surface area contributed by atoms with Gasteiger partial charge in [-0.25, -0.2) is 9.78 Å². The van der Waals surface area contributed by atoms with Crippen molar-refractivity contribution in [2.45, 2.75) is 25.4 Å². The lowest BCUT2D eigenvalue weighted by atomic mass is 9.91. The predicted octanol–water partition coefficient (Wildman–Crippen LogP) is 2.82. The van der Waals surface area contributed by atoms with Gasteiger partial charge in [0.25, 0.3) is 0 Å². The van der Waals surface area contributed by atoms with Crippen LogP contribution in [-0.2, 0) is 11.0 Å². The van der Waals surface area contributed by atoms with Gasteiger partial charge in [0.2, 0.25) is 5.91 Å². The van der Waals surface area contributed by atoms with E-state index in [0.717, 1.165) is 6.20 Å². The summed E-state index contributed by atoms with van der Waals surface area (Å²) in [5.41, 5.74) is -1.75. The predicted molar refractivity (Wildman–Crippen MR) is 77.2 cm³/mol. The Hall–Kier alpha value is -2.32. The highest BCUT2D eigenvalue weighted by molar-refractivity contribution is 5.95. The van der Waals surface area contributed by atoms with Crippen LogP contribution in [0.4, 0.5) is 23.7 Å². The topological polar surface area (TPSA) is 82.5 Å². The zero-order chi connectivity index (χ0) is 17.5. The molecule has 0 unspecified atom stereocenters. The van der Waals surface area contributed by atoms with E-state index in [1.165, 1.54) is 17.0 Å². The first-order valence-corrected chi connectivity index (χ1v) is 7.54. The summed E-state index contributed by atoms with van der Waals surface area (Å²) in [6.45, 7) is 0.694. The number of carbonyl (C=O) groups is 2. The first kappa shape index (κ1) is 16.5. The average Bonchev–Trinajstić information content (AvgIpc) is 3.21. The number of hydrogen-bond donors (Lipinski definition) is 2. The number of piperidine rings is 1. The van der Waals surface area contributed by atoms with E-state index in [1.54, 1.807) is 0 Å². The van der Waals surface area contributed by atoms with Crippen molar-refractivity contribution in [2.75, 3.05) is 18.4 Å². The van der Waals surface area contributed by atoms with Gasteiger partial charge in [0.1, 0.15) is 0 Å². The highest BCUT2D eigenvalue weighted by atomic mass is 19.4. The number of nitrogens with one attached hydrogen (secondary N) is 1. The summed E-state index contributed by atoms with van der Waals surface area (Å²) in [5.74, 6) is -0.841. The van der Waals surface area contributed by atoms with Gasteiger partial charge in [-0.15, -0.1) is 0 Å². The first-order chi connectivity index (χ1) is 11.2. The molecule has 1 aromatic rings. The molecular weight excluding hydrogens is 327 g/mol. The zero-order valence-corrected chi connectivity index (χ0v) is 12.6. The molecule has 2 N–H and O–H groups in total. The monoisotopic (exact) mass is 343 g/mol. The summed E-state index contributed by atoms with van der Waals surface area (Å²) < 4.78 is 38.7. The number of pyridine rings is 1. The molecule has 2 fully saturated rings. The van der Waals surface area contributed by atoms with Gasteiger partial charge in [0, 0.05) is 25.2 Å². The first-order valence-electron chi connectivity index (χ1n) is 7.54. The molecule has 0 aromatic carbocycles. The number of halogens is 3. The van der Waals surface area contributed by atoms with Crippen molar-refractivity contribution in [2.24, 2.45) is 11.3 Å². The quantitative estimate of drug-likeness (QED) is 0.865. The minimum atomic E-state index is -4.64. The molecule has 1 saturated carbocycles. The molecule has 2 heterocycles. The fraction of sp³-hybridized carbons (Fsp3) is 0.533. The van der Waals surface area contributed by atoms with E-state index in [4.69, 9.17) is 5.11 Å².